The highest BCUT2D eigenvalue weighted by molar-refractivity contribution is 6.40. The van der Waals surface area contributed by atoms with Gasteiger partial charge in [0.2, 0.25) is 11.3 Å². The summed E-state index contributed by atoms with van der Waals surface area (Å²) in [6.07, 6.45) is 0. The third-order valence-electron chi connectivity index (χ3n) is 3.34. The minimum Gasteiger partial charge on any atom is -0.449 e. The molecule has 20 heavy (non-hydrogen) atoms. The number of nitrogens with zero attached hydrogens (tertiary/aromatic N) is 1. The molecule has 0 spiro atoms. The van der Waals surface area contributed by atoms with Crippen molar-refractivity contribution in [3.63, 3.8) is 0 Å². The molecular formula is C13H15NO6. The maximum absolute atomic E-state index is 12.0. The fourth-order valence-corrected chi connectivity index (χ4v) is 2.43. The number of rotatable bonds is 5. The predicted octanol–water partition coefficient (Wildman–Crippen LogP) is -0.162. The van der Waals surface area contributed by atoms with Gasteiger partial charge < -0.3 is 4.74 Å². The first kappa shape index (κ1) is 15.9. The van der Waals surface area contributed by atoms with Gasteiger partial charge in [0.25, 0.3) is 11.5 Å². The largest absolute Gasteiger partial charge is 0.449 e. The summed E-state index contributed by atoms with van der Waals surface area (Å²) < 4.78 is 5.13. The van der Waals surface area contributed by atoms with E-state index in [4.69, 9.17) is 4.74 Å². The van der Waals surface area contributed by atoms with Crippen molar-refractivity contribution in [2.45, 2.75) is 45.8 Å². The standard InChI is InChI=1S/C13H15NO6/c1-6(15)11-14-12(7(2)16,8(3)17)13(20-11,9(4)18)10(5)19/h1-5H3. The van der Waals surface area contributed by atoms with Crippen molar-refractivity contribution in [3.05, 3.63) is 0 Å². The van der Waals surface area contributed by atoms with Crippen LogP contribution < -0.4 is 0 Å². The van der Waals surface area contributed by atoms with Gasteiger partial charge in [0.15, 0.2) is 23.1 Å². The van der Waals surface area contributed by atoms with Crippen LogP contribution in [0.5, 0.6) is 0 Å². The van der Waals surface area contributed by atoms with E-state index in [-0.39, 0.29) is 0 Å². The summed E-state index contributed by atoms with van der Waals surface area (Å²) in [5, 5.41) is 0. The van der Waals surface area contributed by atoms with Gasteiger partial charge in [0.1, 0.15) is 0 Å². The maximum Gasteiger partial charge on any atom is 0.264 e. The predicted molar refractivity (Wildman–Crippen MR) is 67.4 cm³/mol. The maximum atomic E-state index is 12.0. The quantitative estimate of drug-likeness (QED) is 0.648. The second-order valence-corrected chi connectivity index (χ2v) is 4.69. The molecule has 0 amide bonds. The molecule has 0 radical (unpaired) electrons. The van der Waals surface area contributed by atoms with Crippen molar-refractivity contribution in [2.24, 2.45) is 4.99 Å². The van der Waals surface area contributed by atoms with Crippen LogP contribution in [-0.4, -0.2) is 46.0 Å². The molecule has 0 atom stereocenters. The Kier molecular flexibility index (Phi) is 3.76. The molecule has 0 bridgehead atoms. The SMILES string of the molecule is CC(=O)C1=NC(C(C)=O)(C(C)=O)C(C(C)=O)(C(C)=O)O1. The highest BCUT2D eigenvalue weighted by Crippen LogP contribution is 2.40. The van der Waals surface area contributed by atoms with Crippen LogP contribution in [0.2, 0.25) is 0 Å². The normalized spacial score (nSPS) is 18.8. The van der Waals surface area contributed by atoms with Gasteiger partial charge >= 0.3 is 0 Å². The van der Waals surface area contributed by atoms with E-state index >= 15 is 0 Å². The summed E-state index contributed by atoms with van der Waals surface area (Å²) >= 11 is 0. The first-order valence-corrected chi connectivity index (χ1v) is 5.88. The summed E-state index contributed by atoms with van der Waals surface area (Å²) in [5.74, 6) is -4.61. The lowest BCUT2D eigenvalue weighted by Crippen LogP contribution is -2.67. The van der Waals surface area contributed by atoms with Crippen molar-refractivity contribution in [3.8, 4) is 0 Å². The van der Waals surface area contributed by atoms with E-state index in [2.05, 4.69) is 4.99 Å². The topological polar surface area (TPSA) is 107 Å². The Bertz CT molecular complexity index is 543. The molecule has 0 aliphatic carbocycles. The summed E-state index contributed by atoms with van der Waals surface area (Å²) in [6, 6.07) is 0. The minimum absolute atomic E-state index is 0.569. The fourth-order valence-electron chi connectivity index (χ4n) is 2.43. The van der Waals surface area contributed by atoms with E-state index < -0.39 is 46.0 Å². The first-order chi connectivity index (χ1) is 9.04. The van der Waals surface area contributed by atoms with Crippen molar-refractivity contribution in [2.75, 3.05) is 0 Å². The van der Waals surface area contributed by atoms with E-state index in [1.807, 2.05) is 0 Å². The van der Waals surface area contributed by atoms with Gasteiger partial charge in [-0.05, 0) is 27.7 Å². The average Bonchev–Trinajstić information content (AvgIpc) is 2.66. The molecule has 108 valence electrons. The van der Waals surface area contributed by atoms with E-state index in [0.717, 1.165) is 34.6 Å². The monoisotopic (exact) mass is 281 g/mol. The third-order valence-corrected chi connectivity index (χ3v) is 3.34. The van der Waals surface area contributed by atoms with Crippen LogP contribution in [0.3, 0.4) is 0 Å². The smallest absolute Gasteiger partial charge is 0.264 e. The number of carbonyl (C=O) groups is 5. The number of Topliss-reactive ketones (excluding diaryl/α,β-unsaturated/α-hetero) is 5. The van der Waals surface area contributed by atoms with Crippen molar-refractivity contribution in [1.82, 2.24) is 0 Å². The molecule has 0 fully saturated rings. The highest BCUT2D eigenvalue weighted by Gasteiger charge is 2.71. The Morgan fingerprint density at radius 2 is 1.20 bits per heavy atom. The first-order valence-electron chi connectivity index (χ1n) is 5.88. The average molecular weight is 281 g/mol. The Morgan fingerprint density at radius 1 is 0.800 bits per heavy atom. The van der Waals surface area contributed by atoms with E-state index in [9.17, 15) is 24.0 Å². The minimum atomic E-state index is -2.40. The van der Waals surface area contributed by atoms with Gasteiger partial charge in [0.05, 0.1) is 0 Å². The van der Waals surface area contributed by atoms with E-state index in [0.29, 0.717) is 0 Å². The van der Waals surface area contributed by atoms with Crippen LogP contribution in [0.25, 0.3) is 0 Å². The molecule has 0 aromatic rings. The van der Waals surface area contributed by atoms with Gasteiger partial charge in [-0.1, -0.05) is 0 Å². The Hall–Kier alpha value is -2.18. The second kappa shape index (κ2) is 4.73. The van der Waals surface area contributed by atoms with Crippen LogP contribution in [-0.2, 0) is 28.7 Å². The number of ketones is 5. The van der Waals surface area contributed by atoms with Gasteiger partial charge in [-0.2, -0.15) is 0 Å². The molecule has 7 heteroatoms. The summed E-state index contributed by atoms with van der Waals surface area (Å²) in [7, 11) is 0. The molecule has 0 saturated carbocycles. The number of hydrogen-bond donors (Lipinski definition) is 0. The van der Waals surface area contributed by atoms with Crippen LogP contribution >= 0.6 is 0 Å². The molecular weight excluding hydrogens is 266 g/mol. The van der Waals surface area contributed by atoms with E-state index in [1.165, 1.54) is 0 Å². The zero-order valence-corrected chi connectivity index (χ0v) is 11.9. The van der Waals surface area contributed by atoms with Gasteiger partial charge in [-0.15, -0.1) is 0 Å². The van der Waals surface area contributed by atoms with Crippen LogP contribution in [0.1, 0.15) is 34.6 Å². The van der Waals surface area contributed by atoms with Gasteiger partial charge in [-0.25, -0.2) is 4.99 Å². The lowest BCUT2D eigenvalue weighted by molar-refractivity contribution is -0.159. The van der Waals surface area contributed by atoms with E-state index in [1.54, 1.807) is 0 Å². The Labute approximate surface area is 115 Å². The van der Waals surface area contributed by atoms with Crippen molar-refractivity contribution < 1.29 is 28.7 Å². The number of carbonyl (C=O) groups excluding carboxylic acids is 5. The van der Waals surface area contributed by atoms with Gasteiger partial charge in [0, 0.05) is 6.92 Å². The number of ether oxygens (including phenoxy) is 1. The molecule has 7 nitrogen and oxygen atoms in total. The lowest BCUT2D eigenvalue weighted by atomic mass is 9.70. The summed E-state index contributed by atoms with van der Waals surface area (Å²) in [4.78, 5) is 63.0. The number of aliphatic imine (C=N–C) groups is 1. The van der Waals surface area contributed by atoms with Crippen LogP contribution in [0.15, 0.2) is 4.99 Å². The molecule has 1 heterocycles. The summed E-state index contributed by atoms with van der Waals surface area (Å²) in [6.45, 7) is 5.18. The zero-order valence-electron chi connectivity index (χ0n) is 11.9. The zero-order chi connectivity index (χ0) is 15.9. The fraction of sp³-hybridized carbons (Fsp3) is 0.538. The Morgan fingerprint density at radius 3 is 1.40 bits per heavy atom. The van der Waals surface area contributed by atoms with Crippen LogP contribution in [0.4, 0.5) is 0 Å². The van der Waals surface area contributed by atoms with Crippen molar-refractivity contribution in [1.29, 1.82) is 0 Å². The van der Waals surface area contributed by atoms with Gasteiger partial charge in [-0.3, -0.25) is 24.0 Å². The Balaban J connectivity index is 3.81. The van der Waals surface area contributed by atoms with Crippen molar-refractivity contribution >= 4 is 34.8 Å². The molecule has 0 unspecified atom stereocenters. The summed E-state index contributed by atoms with van der Waals surface area (Å²) in [5.41, 5.74) is -4.72. The molecule has 0 saturated heterocycles. The number of hydrogen-bond acceptors (Lipinski definition) is 7. The lowest BCUT2D eigenvalue weighted by Gasteiger charge is -2.35. The molecule has 1 rings (SSSR count). The van der Waals surface area contributed by atoms with Crippen LogP contribution in [0, 0.1) is 0 Å². The molecule has 0 aromatic carbocycles. The molecule has 1 aliphatic heterocycles. The second-order valence-electron chi connectivity index (χ2n) is 4.69. The highest BCUT2D eigenvalue weighted by atomic mass is 16.5. The third kappa shape index (κ3) is 1.73. The molecule has 1 aliphatic rings. The molecule has 0 N–H and O–H groups in total. The molecule has 0 aromatic heterocycles.